The second-order valence-corrected chi connectivity index (χ2v) is 6.46. The molecule has 1 aromatic carbocycles. The summed E-state index contributed by atoms with van der Waals surface area (Å²) in [5.41, 5.74) is 0.793. The number of benzene rings is 1. The number of nitrogens with zero attached hydrogens (tertiary/aromatic N) is 4. The van der Waals surface area contributed by atoms with Gasteiger partial charge in [-0.3, -0.25) is 4.79 Å². The van der Waals surface area contributed by atoms with Crippen molar-refractivity contribution in [3.8, 4) is 5.69 Å². The zero-order valence-corrected chi connectivity index (χ0v) is 13.9. The Kier molecular flexibility index (Phi) is 5.47. The predicted molar refractivity (Wildman–Crippen MR) is 86.9 cm³/mol. The summed E-state index contributed by atoms with van der Waals surface area (Å²) in [6.45, 7) is 1.34. The standard InChI is InChI=1S/C14H16ClN5O2S/c15-10-3-5-11(6-4-10)20-14(17-18-19-20)23-9-13(21)16-8-12-2-1-7-22-12/h3-6,12H,1-2,7-9H2,(H,16,21)/t12-/m0/s1. The van der Waals surface area contributed by atoms with Crippen molar-refractivity contribution in [1.82, 2.24) is 25.5 Å². The Bertz CT molecular complexity index is 657. The van der Waals surface area contributed by atoms with Gasteiger partial charge in [0.1, 0.15) is 0 Å². The van der Waals surface area contributed by atoms with Gasteiger partial charge in [0.05, 0.1) is 17.5 Å². The van der Waals surface area contributed by atoms with Crippen molar-refractivity contribution in [1.29, 1.82) is 0 Å². The van der Waals surface area contributed by atoms with Crippen molar-refractivity contribution in [2.45, 2.75) is 24.1 Å². The maximum absolute atomic E-state index is 11.9. The first-order valence-electron chi connectivity index (χ1n) is 7.28. The maximum atomic E-state index is 11.9. The monoisotopic (exact) mass is 353 g/mol. The van der Waals surface area contributed by atoms with Crippen LogP contribution in [0, 0.1) is 0 Å². The first-order chi connectivity index (χ1) is 11.2. The van der Waals surface area contributed by atoms with Crippen LogP contribution in [0.5, 0.6) is 0 Å². The largest absolute Gasteiger partial charge is 0.376 e. The van der Waals surface area contributed by atoms with E-state index in [2.05, 4.69) is 20.8 Å². The highest BCUT2D eigenvalue weighted by Gasteiger charge is 2.17. The molecule has 1 aliphatic heterocycles. The number of carbonyl (C=O) groups is 1. The molecule has 1 saturated heterocycles. The van der Waals surface area contributed by atoms with Gasteiger partial charge >= 0.3 is 0 Å². The number of amides is 1. The van der Waals surface area contributed by atoms with E-state index in [1.54, 1.807) is 16.8 Å². The van der Waals surface area contributed by atoms with E-state index in [0.717, 1.165) is 25.1 Å². The van der Waals surface area contributed by atoms with Crippen molar-refractivity contribution >= 4 is 29.3 Å². The summed E-state index contributed by atoms with van der Waals surface area (Å²) in [5.74, 6) is 0.192. The predicted octanol–water partition coefficient (Wildman–Crippen LogP) is 1.70. The van der Waals surface area contributed by atoms with Crippen LogP contribution in [-0.2, 0) is 9.53 Å². The second-order valence-electron chi connectivity index (χ2n) is 5.08. The van der Waals surface area contributed by atoms with Gasteiger partial charge in [-0.25, -0.2) is 0 Å². The Morgan fingerprint density at radius 1 is 1.43 bits per heavy atom. The molecule has 2 aromatic rings. The van der Waals surface area contributed by atoms with Crippen LogP contribution in [-0.4, -0.2) is 51.1 Å². The number of hydrogen-bond acceptors (Lipinski definition) is 6. The van der Waals surface area contributed by atoms with Crippen LogP contribution in [0.4, 0.5) is 0 Å². The number of ether oxygens (including phenoxy) is 1. The van der Waals surface area contributed by atoms with Crippen LogP contribution in [0.2, 0.25) is 5.02 Å². The van der Waals surface area contributed by atoms with Gasteiger partial charge in [0.2, 0.25) is 11.1 Å². The number of tetrazole rings is 1. The molecule has 1 aliphatic rings. The molecular formula is C14H16ClN5O2S. The maximum Gasteiger partial charge on any atom is 0.230 e. The van der Waals surface area contributed by atoms with Crippen molar-refractivity contribution in [2.24, 2.45) is 0 Å². The minimum Gasteiger partial charge on any atom is -0.376 e. The number of aromatic nitrogens is 4. The third-order valence-corrected chi connectivity index (χ3v) is 4.57. The molecule has 7 nitrogen and oxygen atoms in total. The highest BCUT2D eigenvalue weighted by atomic mass is 35.5. The van der Waals surface area contributed by atoms with Crippen molar-refractivity contribution in [2.75, 3.05) is 18.9 Å². The number of thioether (sulfide) groups is 1. The van der Waals surface area contributed by atoms with Crippen LogP contribution in [0.25, 0.3) is 5.69 Å². The number of rotatable bonds is 6. The van der Waals surface area contributed by atoms with E-state index < -0.39 is 0 Å². The Balaban J connectivity index is 1.53. The van der Waals surface area contributed by atoms with Gasteiger partial charge in [-0.2, -0.15) is 4.68 Å². The van der Waals surface area contributed by atoms with Gasteiger partial charge in [0.15, 0.2) is 0 Å². The van der Waals surface area contributed by atoms with Crippen LogP contribution < -0.4 is 5.32 Å². The Labute approximate surface area is 142 Å². The molecule has 9 heteroatoms. The van der Waals surface area contributed by atoms with Crippen LogP contribution in [0.1, 0.15) is 12.8 Å². The Morgan fingerprint density at radius 2 is 2.26 bits per heavy atom. The normalized spacial score (nSPS) is 17.3. The number of carbonyl (C=O) groups excluding carboxylic acids is 1. The summed E-state index contributed by atoms with van der Waals surface area (Å²) < 4.78 is 7.05. The Morgan fingerprint density at radius 3 is 3.00 bits per heavy atom. The first kappa shape index (κ1) is 16.2. The lowest BCUT2D eigenvalue weighted by molar-refractivity contribution is -0.119. The van der Waals surface area contributed by atoms with E-state index in [1.807, 2.05) is 12.1 Å². The fraction of sp³-hybridized carbons (Fsp3) is 0.429. The minimum atomic E-state index is -0.0591. The van der Waals surface area contributed by atoms with E-state index in [9.17, 15) is 4.79 Å². The average molecular weight is 354 g/mol. The molecule has 1 N–H and O–H groups in total. The van der Waals surface area contributed by atoms with Crippen molar-refractivity contribution < 1.29 is 9.53 Å². The van der Waals surface area contributed by atoms with Crippen LogP contribution in [0.3, 0.4) is 0 Å². The molecule has 1 amide bonds. The lowest BCUT2D eigenvalue weighted by Crippen LogP contribution is -2.32. The molecule has 1 aromatic heterocycles. The van der Waals surface area contributed by atoms with Gasteiger partial charge in [0.25, 0.3) is 0 Å². The summed E-state index contributed by atoms with van der Waals surface area (Å²) in [6.07, 6.45) is 2.20. The van der Waals surface area contributed by atoms with Crippen LogP contribution >= 0.6 is 23.4 Å². The molecular weight excluding hydrogens is 338 g/mol. The summed E-state index contributed by atoms with van der Waals surface area (Å²) in [4.78, 5) is 11.9. The number of nitrogens with one attached hydrogen (secondary N) is 1. The highest BCUT2D eigenvalue weighted by molar-refractivity contribution is 7.99. The molecule has 0 aliphatic carbocycles. The fourth-order valence-corrected chi connectivity index (χ4v) is 3.07. The summed E-state index contributed by atoms with van der Waals surface area (Å²) in [5, 5.41) is 15.6. The SMILES string of the molecule is O=C(CSc1nnnn1-c1ccc(Cl)cc1)NC[C@@H]1CCCO1. The lowest BCUT2D eigenvalue weighted by atomic mass is 10.2. The van der Waals surface area contributed by atoms with Gasteiger partial charge in [-0.05, 0) is 47.5 Å². The molecule has 0 radical (unpaired) electrons. The molecule has 23 heavy (non-hydrogen) atoms. The van der Waals surface area contributed by atoms with E-state index in [-0.39, 0.29) is 17.8 Å². The summed E-state index contributed by atoms with van der Waals surface area (Å²) in [6, 6.07) is 7.17. The van der Waals surface area contributed by atoms with E-state index >= 15 is 0 Å². The topological polar surface area (TPSA) is 81.9 Å². The molecule has 1 atom stereocenters. The summed E-state index contributed by atoms with van der Waals surface area (Å²) in [7, 11) is 0. The minimum absolute atomic E-state index is 0.0591. The molecule has 0 saturated carbocycles. The van der Waals surface area contributed by atoms with Gasteiger partial charge in [-0.1, -0.05) is 23.4 Å². The fourth-order valence-electron chi connectivity index (χ4n) is 2.23. The number of halogens is 1. The molecule has 2 heterocycles. The zero-order chi connectivity index (χ0) is 16.1. The first-order valence-corrected chi connectivity index (χ1v) is 8.64. The molecule has 0 spiro atoms. The third-order valence-electron chi connectivity index (χ3n) is 3.40. The third kappa shape index (κ3) is 4.43. The van der Waals surface area contributed by atoms with Crippen molar-refractivity contribution in [3.05, 3.63) is 29.3 Å². The van der Waals surface area contributed by atoms with Gasteiger partial charge in [0, 0.05) is 18.2 Å². The average Bonchev–Trinajstić information content (AvgIpc) is 3.23. The molecule has 0 bridgehead atoms. The van der Waals surface area contributed by atoms with E-state index in [4.69, 9.17) is 16.3 Å². The summed E-state index contributed by atoms with van der Waals surface area (Å²) >= 11 is 7.16. The molecule has 3 rings (SSSR count). The van der Waals surface area contributed by atoms with Gasteiger partial charge < -0.3 is 10.1 Å². The van der Waals surface area contributed by atoms with Crippen LogP contribution in [0.15, 0.2) is 29.4 Å². The van der Waals surface area contributed by atoms with Crippen molar-refractivity contribution in [3.63, 3.8) is 0 Å². The molecule has 0 unspecified atom stereocenters. The lowest BCUT2D eigenvalue weighted by Gasteiger charge is -2.10. The smallest absolute Gasteiger partial charge is 0.230 e. The number of hydrogen-bond donors (Lipinski definition) is 1. The quantitative estimate of drug-likeness (QED) is 0.796. The van der Waals surface area contributed by atoms with Gasteiger partial charge in [-0.15, -0.1) is 5.10 Å². The molecule has 1 fully saturated rings. The second kappa shape index (κ2) is 7.76. The van der Waals surface area contributed by atoms with E-state index in [0.29, 0.717) is 16.7 Å². The Hall–Kier alpha value is -1.64. The molecule has 122 valence electrons. The van der Waals surface area contributed by atoms with E-state index in [1.165, 1.54) is 11.8 Å². The highest BCUT2D eigenvalue weighted by Crippen LogP contribution is 2.19. The zero-order valence-electron chi connectivity index (χ0n) is 12.3.